The third kappa shape index (κ3) is 3.17. The molecule has 0 atom stereocenters. The van der Waals surface area contributed by atoms with E-state index in [4.69, 9.17) is 9.56 Å². The lowest BCUT2D eigenvalue weighted by molar-refractivity contribution is 0.489. The molecule has 102 valence electrons. The summed E-state index contributed by atoms with van der Waals surface area (Å²) in [6.07, 6.45) is 0. The summed E-state index contributed by atoms with van der Waals surface area (Å²) < 4.78 is 5.70. The van der Waals surface area contributed by atoms with Gasteiger partial charge in [-0.25, -0.2) is 4.98 Å². The van der Waals surface area contributed by atoms with E-state index < -0.39 is 0 Å². The Morgan fingerprint density at radius 3 is 2.60 bits per heavy atom. The Morgan fingerprint density at radius 2 is 1.80 bits per heavy atom. The van der Waals surface area contributed by atoms with Crippen LogP contribution < -0.4 is 5.14 Å². The molecule has 2 N–H and O–H groups in total. The van der Waals surface area contributed by atoms with Gasteiger partial charge < -0.3 is 4.42 Å². The van der Waals surface area contributed by atoms with Crippen molar-refractivity contribution in [1.29, 1.82) is 0 Å². The van der Waals surface area contributed by atoms with Gasteiger partial charge in [-0.15, -0.1) is 0 Å². The van der Waals surface area contributed by atoms with E-state index in [9.17, 15) is 0 Å². The summed E-state index contributed by atoms with van der Waals surface area (Å²) >= 11 is 2.95. The fourth-order valence-electron chi connectivity index (χ4n) is 1.96. The summed E-state index contributed by atoms with van der Waals surface area (Å²) in [4.78, 5) is 4.46. The van der Waals surface area contributed by atoms with Crippen molar-refractivity contribution < 1.29 is 4.42 Å². The molecule has 0 aliphatic rings. The number of hydrogen-bond acceptors (Lipinski definition) is 5. The van der Waals surface area contributed by atoms with Gasteiger partial charge in [-0.1, -0.05) is 60.1 Å². The normalized spacial score (nSPS) is 11.1. The van der Waals surface area contributed by atoms with Gasteiger partial charge in [-0.2, -0.15) is 0 Å². The number of aromatic nitrogens is 1. The number of hydrogen-bond donors (Lipinski definition) is 1. The Morgan fingerprint density at radius 1 is 1.00 bits per heavy atom. The number of para-hydroxylation sites is 2. The lowest BCUT2D eigenvalue weighted by Crippen LogP contribution is -1.87. The van der Waals surface area contributed by atoms with Crippen molar-refractivity contribution in [1.82, 2.24) is 4.98 Å². The van der Waals surface area contributed by atoms with Crippen LogP contribution in [0.1, 0.15) is 11.1 Å². The minimum Gasteiger partial charge on any atom is -0.431 e. The van der Waals surface area contributed by atoms with Crippen LogP contribution in [0.15, 0.2) is 58.2 Å². The molecule has 0 aliphatic carbocycles. The topological polar surface area (TPSA) is 52.0 Å². The molecule has 0 bridgehead atoms. The molecule has 3 nitrogen and oxygen atoms in total. The van der Waals surface area contributed by atoms with Gasteiger partial charge in [0.25, 0.3) is 5.22 Å². The smallest absolute Gasteiger partial charge is 0.257 e. The quantitative estimate of drug-likeness (QED) is 0.564. The van der Waals surface area contributed by atoms with Crippen molar-refractivity contribution in [3.63, 3.8) is 0 Å². The SMILES string of the molecule is NSCc1cccc(CSc2nc3ccccc3o2)c1. The van der Waals surface area contributed by atoms with Crippen molar-refractivity contribution in [3.8, 4) is 0 Å². The Bertz CT molecular complexity index is 679. The predicted octanol–water partition coefficient (Wildman–Crippen LogP) is 4.23. The summed E-state index contributed by atoms with van der Waals surface area (Å²) in [6.45, 7) is 0. The molecule has 20 heavy (non-hydrogen) atoms. The van der Waals surface area contributed by atoms with Crippen molar-refractivity contribution in [2.24, 2.45) is 5.14 Å². The summed E-state index contributed by atoms with van der Waals surface area (Å²) in [6, 6.07) is 16.3. The number of oxazole rings is 1. The first-order valence-electron chi connectivity index (χ1n) is 6.23. The van der Waals surface area contributed by atoms with Crippen LogP contribution in [-0.2, 0) is 11.5 Å². The lowest BCUT2D eigenvalue weighted by Gasteiger charge is -2.02. The van der Waals surface area contributed by atoms with E-state index in [2.05, 4.69) is 29.2 Å². The van der Waals surface area contributed by atoms with Gasteiger partial charge in [0, 0.05) is 11.5 Å². The van der Waals surface area contributed by atoms with Crippen LogP contribution in [-0.4, -0.2) is 4.98 Å². The zero-order valence-electron chi connectivity index (χ0n) is 10.8. The first-order valence-corrected chi connectivity index (χ1v) is 8.26. The fraction of sp³-hybridized carbons (Fsp3) is 0.133. The van der Waals surface area contributed by atoms with E-state index in [0.29, 0.717) is 5.22 Å². The van der Waals surface area contributed by atoms with Gasteiger partial charge in [-0.05, 0) is 23.3 Å². The van der Waals surface area contributed by atoms with Crippen LogP contribution in [0.5, 0.6) is 0 Å². The minimum atomic E-state index is 0.713. The number of thioether (sulfide) groups is 1. The maximum atomic E-state index is 5.70. The number of benzene rings is 2. The van der Waals surface area contributed by atoms with Gasteiger partial charge in [-0.3, -0.25) is 5.14 Å². The first-order chi connectivity index (χ1) is 9.85. The molecule has 0 amide bonds. The number of nitrogens with two attached hydrogens (primary N) is 1. The molecule has 0 radical (unpaired) electrons. The molecule has 3 rings (SSSR count). The molecule has 5 heteroatoms. The zero-order chi connectivity index (χ0) is 13.8. The van der Waals surface area contributed by atoms with E-state index in [0.717, 1.165) is 22.6 Å². The summed E-state index contributed by atoms with van der Waals surface area (Å²) in [5, 5.41) is 6.22. The largest absolute Gasteiger partial charge is 0.431 e. The molecule has 2 aromatic carbocycles. The van der Waals surface area contributed by atoms with Crippen molar-refractivity contribution in [2.45, 2.75) is 16.7 Å². The Hall–Kier alpha value is -1.43. The van der Waals surface area contributed by atoms with Gasteiger partial charge in [0.15, 0.2) is 5.58 Å². The van der Waals surface area contributed by atoms with E-state index in [1.807, 2.05) is 24.3 Å². The van der Waals surface area contributed by atoms with Crippen LogP contribution in [0.3, 0.4) is 0 Å². The standard InChI is InChI=1S/C15H14N2OS2/c16-20-10-12-5-3-4-11(8-12)9-19-15-17-13-6-1-2-7-14(13)18-15/h1-8H,9-10,16H2. The minimum absolute atomic E-state index is 0.713. The lowest BCUT2D eigenvalue weighted by atomic mass is 10.2. The van der Waals surface area contributed by atoms with Crippen LogP contribution in [0.2, 0.25) is 0 Å². The van der Waals surface area contributed by atoms with Crippen molar-refractivity contribution in [2.75, 3.05) is 0 Å². The molecule has 0 saturated carbocycles. The maximum absolute atomic E-state index is 5.70. The second kappa shape index (κ2) is 6.35. The highest BCUT2D eigenvalue weighted by Crippen LogP contribution is 2.26. The number of rotatable bonds is 5. The summed E-state index contributed by atoms with van der Waals surface area (Å²) in [7, 11) is 0. The molecule has 0 aliphatic heterocycles. The maximum Gasteiger partial charge on any atom is 0.257 e. The molecule has 3 aromatic rings. The monoisotopic (exact) mass is 302 g/mol. The molecule has 1 heterocycles. The van der Waals surface area contributed by atoms with Crippen LogP contribution >= 0.6 is 23.7 Å². The molecular weight excluding hydrogens is 288 g/mol. The second-order valence-electron chi connectivity index (χ2n) is 4.37. The van der Waals surface area contributed by atoms with Gasteiger partial charge in [0.2, 0.25) is 0 Å². The molecule has 0 unspecified atom stereocenters. The predicted molar refractivity (Wildman–Crippen MR) is 85.5 cm³/mol. The molecule has 1 aromatic heterocycles. The first kappa shape index (κ1) is 13.5. The van der Waals surface area contributed by atoms with E-state index in [1.54, 1.807) is 11.8 Å². The van der Waals surface area contributed by atoms with Gasteiger partial charge in [0.05, 0.1) is 0 Å². The molecule has 0 saturated heterocycles. The Balaban J connectivity index is 1.71. The summed E-state index contributed by atoms with van der Waals surface area (Å²) in [5.74, 6) is 1.68. The molecular formula is C15H14N2OS2. The fourth-order valence-corrected chi connectivity index (χ4v) is 3.12. The number of fused-ring (bicyclic) bond motifs is 1. The third-order valence-corrected chi connectivity index (χ3v) is 4.28. The van der Waals surface area contributed by atoms with Crippen molar-refractivity contribution in [3.05, 3.63) is 59.7 Å². The average molecular weight is 302 g/mol. The highest BCUT2D eigenvalue weighted by Gasteiger charge is 2.06. The van der Waals surface area contributed by atoms with E-state index >= 15 is 0 Å². The molecule has 0 fully saturated rings. The number of nitrogens with zero attached hydrogens (tertiary/aromatic N) is 1. The Labute approximate surface area is 126 Å². The van der Waals surface area contributed by atoms with E-state index in [1.165, 1.54) is 23.1 Å². The second-order valence-corrected chi connectivity index (χ2v) is 5.92. The molecule has 0 spiro atoms. The van der Waals surface area contributed by atoms with Crippen LogP contribution in [0.4, 0.5) is 0 Å². The van der Waals surface area contributed by atoms with Gasteiger partial charge in [0.1, 0.15) is 5.52 Å². The highest BCUT2D eigenvalue weighted by molar-refractivity contribution is 7.98. The van der Waals surface area contributed by atoms with E-state index in [-0.39, 0.29) is 0 Å². The van der Waals surface area contributed by atoms with Crippen LogP contribution in [0.25, 0.3) is 11.1 Å². The zero-order valence-corrected chi connectivity index (χ0v) is 12.4. The van der Waals surface area contributed by atoms with Gasteiger partial charge >= 0.3 is 0 Å². The third-order valence-electron chi connectivity index (χ3n) is 2.88. The van der Waals surface area contributed by atoms with Crippen LogP contribution in [0, 0.1) is 0 Å². The Kier molecular flexibility index (Phi) is 4.30. The van der Waals surface area contributed by atoms with Crippen molar-refractivity contribution >= 4 is 34.8 Å². The average Bonchev–Trinajstić information content (AvgIpc) is 2.89. The summed E-state index contributed by atoms with van der Waals surface area (Å²) in [5.41, 5.74) is 4.24. The highest BCUT2D eigenvalue weighted by atomic mass is 32.2.